The van der Waals surface area contributed by atoms with Crippen LogP contribution < -0.4 is 10.2 Å². The van der Waals surface area contributed by atoms with Gasteiger partial charge in [-0.2, -0.15) is 0 Å². The zero-order valence-electron chi connectivity index (χ0n) is 15.5. The molecule has 1 aliphatic carbocycles. The van der Waals surface area contributed by atoms with Crippen LogP contribution >= 0.6 is 0 Å². The number of pyridine rings is 1. The van der Waals surface area contributed by atoms with Gasteiger partial charge in [-0.15, -0.1) is 0 Å². The van der Waals surface area contributed by atoms with Gasteiger partial charge in [0.2, 0.25) is 0 Å². The van der Waals surface area contributed by atoms with Crippen molar-refractivity contribution in [2.24, 2.45) is 0 Å². The normalized spacial score (nSPS) is 23.3. The summed E-state index contributed by atoms with van der Waals surface area (Å²) < 4.78 is 23.5. The number of aromatic nitrogens is 1. The summed E-state index contributed by atoms with van der Waals surface area (Å²) in [5, 5.41) is 3.13. The van der Waals surface area contributed by atoms with Crippen LogP contribution in [0.5, 0.6) is 0 Å². The van der Waals surface area contributed by atoms with Crippen molar-refractivity contribution in [3.8, 4) is 0 Å². The van der Waals surface area contributed by atoms with E-state index in [-0.39, 0.29) is 29.5 Å². The summed E-state index contributed by atoms with van der Waals surface area (Å²) in [5.41, 5.74) is 0.563. The first-order valence-corrected chi connectivity index (χ1v) is 11.5. The molecule has 6 nitrogen and oxygen atoms in total. The summed E-state index contributed by atoms with van der Waals surface area (Å²) in [6.07, 6.45) is 9.22. The first-order valence-electron chi connectivity index (χ1n) is 9.72. The van der Waals surface area contributed by atoms with Crippen LogP contribution in [0.15, 0.2) is 18.3 Å². The number of carbonyl (C=O) groups excluding carboxylic acids is 1. The van der Waals surface area contributed by atoms with Crippen molar-refractivity contribution >= 4 is 21.6 Å². The zero-order valence-corrected chi connectivity index (χ0v) is 16.3. The number of carbonyl (C=O) groups is 1. The minimum atomic E-state index is -2.93. The van der Waals surface area contributed by atoms with Gasteiger partial charge < -0.3 is 10.2 Å². The van der Waals surface area contributed by atoms with Crippen molar-refractivity contribution in [2.45, 2.75) is 64.0 Å². The van der Waals surface area contributed by atoms with Gasteiger partial charge in [-0.1, -0.05) is 25.7 Å². The van der Waals surface area contributed by atoms with Crippen molar-refractivity contribution in [1.82, 2.24) is 10.3 Å². The number of anilines is 1. The Labute approximate surface area is 156 Å². The third-order valence-electron chi connectivity index (χ3n) is 5.48. The number of amides is 1. The molecule has 2 fully saturated rings. The van der Waals surface area contributed by atoms with Crippen LogP contribution in [0, 0.1) is 0 Å². The molecule has 2 heterocycles. The summed E-state index contributed by atoms with van der Waals surface area (Å²) in [4.78, 5) is 18.9. The Morgan fingerprint density at radius 2 is 1.92 bits per heavy atom. The summed E-state index contributed by atoms with van der Waals surface area (Å²) >= 11 is 0. The average molecular weight is 380 g/mol. The van der Waals surface area contributed by atoms with Gasteiger partial charge in [0.1, 0.15) is 5.82 Å². The molecule has 1 aliphatic heterocycles. The second kappa shape index (κ2) is 8.37. The van der Waals surface area contributed by atoms with E-state index in [9.17, 15) is 13.2 Å². The van der Waals surface area contributed by atoms with Crippen molar-refractivity contribution < 1.29 is 13.2 Å². The van der Waals surface area contributed by atoms with Gasteiger partial charge >= 0.3 is 0 Å². The molecule has 7 heteroatoms. The molecule has 1 N–H and O–H groups in total. The fraction of sp³-hybridized carbons (Fsp3) is 0.684. The minimum absolute atomic E-state index is 0.0248. The summed E-state index contributed by atoms with van der Waals surface area (Å²) in [6.45, 7) is 2.69. The van der Waals surface area contributed by atoms with E-state index in [1.54, 1.807) is 12.3 Å². The molecular formula is C19H29N3O3S. The van der Waals surface area contributed by atoms with Crippen LogP contribution in [-0.4, -0.2) is 49.4 Å². The van der Waals surface area contributed by atoms with E-state index >= 15 is 0 Å². The first kappa shape index (κ1) is 19.1. The number of nitrogens with one attached hydrogen (secondary N) is 1. The topological polar surface area (TPSA) is 79.4 Å². The highest BCUT2D eigenvalue weighted by molar-refractivity contribution is 7.91. The fourth-order valence-electron chi connectivity index (χ4n) is 4.01. The molecule has 1 aromatic heterocycles. The molecule has 1 unspecified atom stereocenters. The molecular weight excluding hydrogens is 350 g/mol. The highest BCUT2D eigenvalue weighted by Crippen LogP contribution is 2.23. The molecule has 1 aromatic rings. The van der Waals surface area contributed by atoms with E-state index < -0.39 is 9.84 Å². The van der Waals surface area contributed by atoms with E-state index in [0.717, 1.165) is 18.7 Å². The third kappa shape index (κ3) is 4.75. The molecule has 3 rings (SSSR count). The van der Waals surface area contributed by atoms with Crippen LogP contribution in [0.4, 0.5) is 5.82 Å². The summed E-state index contributed by atoms with van der Waals surface area (Å²) in [6, 6.07) is 3.86. The molecule has 1 amide bonds. The van der Waals surface area contributed by atoms with E-state index in [1.807, 2.05) is 17.9 Å². The summed E-state index contributed by atoms with van der Waals surface area (Å²) in [5.74, 6) is 1.10. The fourth-order valence-corrected chi connectivity index (χ4v) is 5.74. The lowest BCUT2D eigenvalue weighted by Gasteiger charge is -2.28. The van der Waals surface area contributed by atoms with E-state index in [2.05, 4.69) is 10.3 Å². The smallest absolute Gasteiger partial charge is 0.253 e. The second-order valence-electron chi connectivity index (χ2n) is 7.41. The lowest BCUT2D eigenvalue weighted by Crippen LogP contribution is -2.37. The van der Waals surface area contributed by atoms with Gasteiger partial charge in [0.05, 0.1) is 17.1 Å². The number of rotatable bonds is 5. The van der Waals surface area contributed by atoms with Crippen molar-refractivity contribution in [2.75, 3.05) is 23.0 Å². The Bertz CT molecular complexity index is 710. The number of hydrogen-bond donors (Lipinski definition) is 1. The molecule has 144 valence electrons. The van der Waals surface area contributed by atoms with Crippen LogP contribution in [0.1, 0.15) is 62.2 Å². The van der Waals surface area contributed by atoms with Crippen molar-refractivity contribution in [3.05, 3.63) is 23.9 Å². The molecule has 2 aliphatic rings. The van der Waals surface area contributed by atoms with Crippen molar-refractivity contribution in [3.63, 3.8) is 0 Å². The highest BCUT2D eigenvalue weighted by Gasteiger charge is 2.32. The number of hydrogen-bond acceptors (Lipinski definition) is 5. The monoisotopic (exact) mass is 379 g/mol. The largest absolute Gasteiger partial charge is 0.353 e. The second-order valence-corrected chi connectivity index (χ2v) is 9.64. The Morgan fingerprint density at radius 1 is 1.19 bits per heavy atom. The molecule has 1 saturated carbocycles. The highest BCUT2D eigenvalue weighted by atomic mass is 32.2. The molecule has 0 aromatic carbocycles. The Kier molecular flexibility index (Phi) is 6.16. The maximum atomic E-state index is 12.5. The third-order valence-corrected chi connectivity index (χ3v) is 7.23. The molecule has 0 spiro atoms. The van der Waals surface area contributed by atoms with Gasteiger partial charge in [0, 0.05) is 24.8 Å². The zero-order chi connectivity index (χ0) is 18.6. The van der Waals surface area contributed by atoms with Gasteiger partial charge in [-0.3, -0.25) is 4.79 Å². The average Bonchev–Trinajstić information content (AvgIpc) is 2.82. The van der Waals surface area contributed by atoms with E-state index in [0.29, 0.717) is 18.5 Å². The van der Waals surface area contributed by atoms with Crippen LogP contribution in [0.25, 0.3) is 0 Å². The number of sulfone groups is 1. The van der Waals surface area contributed by atoms with Gasteiger partial charge in [-0.25, -0.2) is 13.4 Å². The molecule has 26 heavy (non-hydrogen) atoms. The summed E-state index contributed by atoms with van der Waals surface area (Å²) in [7, 11) is -2.93. The predicted octanol–water partition coefficient (Wildman–Crippen LogP) is 2.55. The quantitative estimate of drug-likeness (QED) is 0.796. The molecule has 0 bridgehead atoms. The standard InChI is InChI=1S/C19H29N3O3S/c1-2-22(17-11-12-26(24,25)14-17)18-10-9-15(13-20-18)19(23)21-16-7-5-3-4-6-8-16/h9-10,13,16-17H,2-8,11-12,14H2,1H3,(H,21,23). The lowest BCUT2D eigenvalue weighted by molar-refractivity contribution is 0.0933. The van der Waals surface area contributed by atoms with Crippen LogP contribution in [0.3, 0.4) is 0 Å². The van der Waals surface area contributed by atoms with Gasteiger partial charge in [0.15, 0.2) is 9.84 Å². The van der Waals surface area contributed by atoms with E-state index in [4.69, 9.17) is 0 Å². The SMILES string of the molecule is CCN(c1ccc(C(=O)NC2CCCCCC2)cn1)C1CCS(=O)(=O)C1. The molecule has 1 atom stereocenters. The maximum Gasteiger partial charge on any atom is 0.253 e. The van der Waals surface area contributed by atoms with Crippen LogP contribution in [-0.2, 0) is 9.84 Å². The van der Waals surface area contributed by atoms with Gasteiger partial charge in [0.25, 0.3) is 5.91 Å². The van der Waals surface area contributed by atoms with Crippen LogP contribution in [0.2, 0.25) is 0 Å². The van der Waals surface area contributed by atoms with Crippen molar-refractivity contribution in [1.29, 1.82) is 0 Å². The molecule has 0 radical (unpaired) electrons. The Hall–Kier alpha value is -1.63. The Balaban J connectivity index is 1.64. The number of nitrogens with zero attached hydrogens (tertiary/aromatic N) is 2. The van der Waals surface area contributed by atoms with Gasteiger partial charge in [-0.05, 0) is 38.3 Å². The minimum Gasteiger partial charge on any atom is -0.353 e. The Morgan fingerprint density at radius 3 is 2.46 bits per heavy atom. The van der Waals surface area contributed by atoms with E-state index in [1.165, 1.54) is 25.7 Å². The molecule has 1 saturated heterocycles. The predicted molar refractivity (Wildman–Crippen MR) is 103 cm³/mol. The maximum absolute atomic E-state index is 12.5. The lowest BCUT2D eigenvalue weighted by atomic mass is 10.1. The first-order chi connectivity index (χ1) is 12.5.